The zero-order chi connectivity index (χ0) is 29.8. The highest BCUT2D eigenvalue weighted by Crippen LogP contribution is 2.44. The van der Waals surface area contributed by atoms with Crippen molar-refractivity contribution in [1.29, 1.82) is 0 Å². The molecule has 42 heavy (non-hydrogen) atoms. The molecule has 6 rings (SSSR count). The molecule has 0 N–H and O–H groups in total. The first-order valence-electron chi connectivity index (χ1n) is 16.9. The maximum atomic E-state index is 7.59. The quantitative estimate of drug-likeness (QED) is 0.148. The Kier molecular flexibility index (Phi) is 9.26. The highest BCUT2D eigenvalue weighted by molar-refractivity contribution is 6.96. The first-order chi connectivity index (χ1) is 19.8. The summed E-state index contributed by atoms with van der Waals surface area (Å²) in [6.07, 6.45) is 12.5. The molecular weight excluding hydrogens is 593 g/mol. The van der Waals surface area contributed by atoms with E-state index in [1.54, 1.807) is 0 Å². The predicted octanol–water partition coefficient (Wildman–Crippen LogP) is 7.20. The Morgan fingerprint density at radius 1 is 0.714 bits per heavy atom. The summed E-state index contributed by atoms with van der Waals surface area (Å²) in [6.45, 7) is 17.5. The number of rotatable bonds is 15. The molecule has 2 aliphatic carbocycles. The Balaban J connectivity index is 1.23. The number of hydrogen-bond donors (Lipinski definition) is 0. The van der Waals surface area contributed by atoms with E-state index in [4.69, 9.17) is 26.6 Å². The van der Waals surface area contributed by atoms with Gasteiger partial charge in [0.25, 0.3) is 0 Å². The van der Waals surface area contributed by atoms with Crippen LogP contribution in [0.4, 0.5) is 0 Å². The van der Waals surface area contributed by atoms with Crippen LogP contribution < -0.4 is 5.19 Å². The van der Waals surface area contributed by atoms with Gasteiger partial charge < -0.3 is 26.6 Å². The Labute approximate surface area is 259 Å². The normalized spacial score (nSPS) is 34.6. The molecule has 1 aromatic rings. The largest absolute Gasteiger partial charge is 0.505 e. The second-order valence-corrected chi connectivity index (χ2v) is 32.2. The minimum atomic E-state index is -3.26. The molecule has 5 fully saturated rings. The highest BCUT2D eigenvalue weighted by atomic mass is 28.5. The van der Waals surface area contributed by atoms with E-state index < -0.39 is 33.8 Å². The molecule has 0 aromatic heterocycles. The van der Waals surface area contributed by atoms with Crippen molar-refractivity contribution in [3.63, 3.8) is 0 Å². The van der Waals surface area contributed by atoms with Crippen molar-refractivity contribution < 1.29 is 26.6 Å². The molecule has 236 valence electrons. The van der Waals surface area contributed by atoms with E-state index in [2.05, 4.69) is 76.5 Å². The third-order valence-corrected chi connectivity index (χ3v) is 27.2. The van der Waals surface area contributed by atoms with Crippen LogP contribution in [0, 0.1) is 11.8 Å². The Hall–Kier alpha value is -0.152. The van der Waals surface area contributed by atoms with Crippen LogP contribution in [0.25, 0.3) is 0 Å². The zero-order valence-corrected chi connectivity index (χ0v) is 31.2. The van der Waals surface area contributed by atoms with E-state index in [0.29, 0.717) is 36.1 Å². The molecule has 3 heterocycles. The summed E-state index contributed by atoms with van der Waals surface area (Å²) in [5.41, 5.74) is 0.386. The van der Waals surface area contributed by atoms with Crippen LogP contribution in [0.5, 0.6) is 0 Å². The monoisotopic (exact) mass is 648 g/mol. The lowest BCUT2D eigenvalue weighted by molar-refractivity contribution is 0.258. The molecule has 0 spiro atoms. The van der Waals surface area contributed by atoms with Crippen molar-refractivity contribution in [2.45, 2.75) is 146 Å². The van der Waals surface area contributed by atoms with Crippen molar-refractivity contribution >= 4 is 38.9 Å². The van der Waals surface area contributed by atoms with Crippen molar-refractivity contribution in [1.82, 2.24) is 0 Å². The summed E-state index contributed by atoms with van der Waals surface area (Å²) in [5, 5.41) is 1.15. The fraction of sp³-hybridized carbons (Fsp3) is 0.812. The molecule has 6 nitrogen and oxygen atoms in total. The van der Waals surface area contributed by atoms with Gasteiger partial charge in [-0.2, -0.15) is 0 Å². The maximum absolute atomic E-state index is 7.59. The second-order valence-electron chi connectivity index (χ2n) is 15.9. The highest BCUT2D eigenvalue weighted by Gasteiger charge is 2.57. The fourth-order valence-corrected chi connectivity index (χ4v) is 24.6. The van der Waals surface area contributed by atoms with Gasteiger partial charge in [0.1, 0.15) is 0 Å². The third-order valence-electron chi connectivity index (χ3n) is 10.9. The third kappa shape index (κ3) is 7.97. The molecule has 8 atom stereocenters. The van der Waals surface area contributed by atoms with Gasteiger partial charge in [0.15, 0.2) is 25.0 Å². The van der Waals surface area contributed by atoms with Gasteiger partial charge in [0.05, 0.1) is 37.1 Å². The van der Waals surface area contributed by atoms with Crippen LogP contribution in [0.1, 0.15) is 58.3 Å². The van der Waals surface area contributed by atoms with Crippen LogP contribution in [0.15, 0.2) is 30.3 Å². The van der Waals surface area contributed by atoms with Gasteiger partial charge in [-0.05, 0) is 102 Å². The Morgan fingerprint density at radius 3 is 1.67 bits per heavy atom. The molecule has 1 aromatic carbocycles. The first kappa shape index (κ1) is 31.8. The average Bonchev–Trinajstić information content (AvgIpc) is 3.80. The summed E-state index contributed by atoms with van der Waals surface area (Å²) < 4.78 is 40.2. The zero-order valence-electron chi connectivity index (χ0n) is 27.2. The molecule has 10 heteroatoms. The maximum Gasteiger partial charge on any atom is 0.505 e. The number of epoxide rings is 3. The SMILES string of the molecule is CC(C1CO1)[Si](C)(C)O[Si](O[Si](C)(C)CCC1CCC2OC2C1)(O[Si](C)(C)CCC1CCC2OC2C1)c1ccccc1. The van der Waals surface area contributed by atoms with Crippen LogP contribution in [0.3, 0.4) is 0 Å². The van der Waals surface area contributed by atoms with Crippen LogP contribution in [-0.2, 0) is 26.6 Å². The van der Waals surface area contributed by atoms with E-state index in [0.717, 1.165) is 35.7 Å². The van der Waals surface area contributed by atoms with E-state index in [9.17, 15) is 0 Å². The summed E-state index contributed by atoms with van der Waals surface area (Å²) in [5.74, 6) is 1.51. The molecule has 0 amide bonds. The molecule has 0 bridgehead atoms. The molecule has 2 saturated carbocycles. The Morgan fingerprint density at radius 2 is 1.21 bits per heavy atom. The van der Waals surface area contributed by atoms with Crippen molar-refractivity contribution in [2.24, 2.45) is 11.8 Å². The minimum Gasteiger partial charge on any atom is -0.413 e. The number of hydrogen-bond acceptors (Lipinski definition) is 6. The van der Waals surface area contributed by atoms with Gasteiger partial charge >= 0.3 is 8.80 Å². The van der Waals surface area contributed by atoms with Gasteiger partial charge in [-0.1, -0.05) is 50.1 Å². The summed E-state index contributed by atoms with van der Waals surface area (Å²) >= 11 is 0. The molecule has 8 unspecified atom stereocenters. The number of fused-ring (bicyclic) bond motifs is 2. The summed E-state index contributed by atoms with van der Waals surface area (Å²) in [6, 6.07) is 13.1. The topological polar surface area (TPSA) is 65.3 Å². The number of ether oxygens (including phenoxy) is 3. The van der Waals surface area contributed by atoms with Gasteiger partial charge in [-0.3, -0.25) is 0 Å². The lowest BCUT2D eigenvalue weighted by Crippen LogP contribution is -2.69. The second kappa shape index (κ2) is 12.2. The molecule has 5 aliphatic rings. The van der Waals surface area contributed by atoms with E-state index in [1.165, 1.54) is 51.4 Å². The predicted molar refractivity (Wildman–Crippen MR) is 178 cm³/mol. The summed E-state index contributed by atoms with van der Waals surface area (Å²) in [7, 11) is -9.81. The molecule has 3 aliphatic heterocycles. The van der Waals surface area contributed by atoms with Crippen LogP contribution >= 0.6 is 0 Å². The van der Waals surface area contributed by atoms with Gasteiger partial charge in [-0.25, -0.2) is 0 Å². The first-order valence-corrected chi connectivity index (χ1v) is 27.9. The van der Waals surface area contributed by atoms with Crippen molar-refractivity contribution in [3.8, 4) is 0 Å². The lowest BCUT2D eigenvalue weighted by atomic mass is 9.88. The van der Waals surface area contributed by atoms with Gasteiger partial charge in [0, 0.05) is 10.7 Å². The lowest BCUT2D eigenvalue weighted by Gasteiger charge is -2.46. The smallest absolute Gasteiger partial charge is 0.413 e. The molecular formula is C32H56O6Si4. The van der Waals surface area contributed by atoms with Crippen LogP contribution in [-0.4, -0.2) is 70.9 Å². The summed E-state index contributed by atoms with van der Waals surface area (Å²) in [4.78, 5) is 0. The minimum absolute atomic E-state index is 0.309. The van der Waals surface area contributed by atoms with Crippen molar-refractivity contribution in [2.75, 3.05) is 6.61 Å². The molecule has 0 radical (unpaired) electrons. The Bertz CT molecular complexity index is 1020. The van der Waals surface area contributed by atoms with E-state index in [-0.39, 0.29) is 0 Å². The fourth-order valence-electron chi connectivity index (χ4n) is 7.54. The van der Waals surface area contributed by atoms with E-state index in [1.807, 2.05) is 0 Å². The number of benzene rings is 1. The van der Waals surface area contributed by atoms with Crippen molar-refractivity contribution in [3.05, 3.63) is 30.3 Å². The van der Waals surface area contributed by atoms with E-state index >= 15 is 0 Å². The van der Waals surface area contributed by atoms with Gasteiger partial charge in [-0.15, -0.1) is 0 Å². The molecule has 3 saturated heterocycles. The standard InChI is InChI=1S/C32H56O6Si4/c1-24(32-23-33-32)41(6,7)38-42(27-11-9-8-10-12-27,36-39(2,3)19-17-25-13-15-28-30(21-25)34-28)37-40(4,5)20-18-26-14-16-29-31(22-26)35-29/h8-12,24-26,28-32H,13-23H2,1-7H3. The van der Waals surface area contributed by atoms with Gasteiger partial charge in [0.2, 0.25) is 0 Å². The van der Waals surface area contributed by atoms with Crippen LogP contribution in [0.2, 0.25) is 56.9 Å². The average molecular weight is 649 g/mol.